The Hall–Kier alpha value is -1.02. The van der Waals surface area contributed by atoms with Crippen molar-refractivity contribution in [2.75, 3.05) is 12.5 Å². The van der Waals surface area contributed by atoms with Crippen LogP contribution in [-0.4, -0.2) is 51.2 Å². The summed E-state index contributed by atoms with van der Waals surface area (Å²) in [6.07, 6.45) is 2.48. The summed E-state index contributed by atoms with van der Waals surface area (Å²) in [5.74, 6) is 0. The summed E-state index contributed by atoms with van der Waals surface area (Å²) in [5, 5.41) is 22.1. The normalized spacial score (nSPS) is 26.8. The third-order valence-corrected chi connectivity index (χ3v) is 8.59. The average molecular weight is 435 g/mol. The highest BCUT2D eigenvalue weighted by Crippen LogP contribution is 2.46. The molecule has 0 spiro atoms. The van der Waals surface area contributed by atoms with E-state index in [0.29, 0.717) is 26.1 Å². The highest BCUT2D eigenvalue weighted by Gasteiger charge is 2.47. The number of thioether (sulfide) groups is 2. The van der Waals surface area contributed by atoms with Crippen LogP contribution < -0.4 is 0 Å². The Labute approximate surface area is 182 Å². The van der Waals surface area contributed by atoms with Crippen molar-refractivity contribution < 1.29 is 19.7 Å². The Bertz CT molecular complexity index is 665. The van der Waals surface area contributed by atoms with Crippen LogP contribution in [0.4, 0.5) is 0 Å². The maximum Gasteiger partial charge on any atom is 0.113 e. The quantitative estimate of drug-likeness (QED) is 0.482. The van der Waals surface area contributed by atoms with Crippen LogP contribution in [0.2, 0.25) is 0 Å². The van der Waals surface area contributed by atoms with E-state index < -0.39 is 24.4 Å². The van der Waals surface area contributed by atoms with Crippen molar-refractivity contribution in [2.24, 2.45) is 0 Å². The van der Waals surface area contributed by atoms with Gasteiger partial charge in [-0.05, 0) is 36.5 Å². The molecule has 0 bridgehead atoms. The zero-order chi connectivity index (χ0) is 20.7. The van der Waals surface area contributed by atoms with Gasteiger partial charge in [0, 0.05) is 0 Å². The van der Waals surface area contributed by atoms with Crippen molar-refractivity contribution in [3.05, 3.63) is 71.8 Å². The Morgan fingerprint density at radius 1 is 0.759 bits per heavy atom. The van der Waals surface area contributed by atoms with Gasteiger partial charge in [-0.15, -0.1) is 23.5 Å². The van der Waals surface area contributed by atoms with Crippen molar-refractivity contribution in [3.8, 4) is 0 Å². The summed E-state index contributed by atoms with van der Waals surface area (Å²) in [6.45, 7) is 0.734. The zero-order valence-electron chi connectivity index (χ0n) is 16.9. The van der Waals surface area contributed by atoms with Gasteiger partial charge in [-0.3, -0.25) is 0 Å². The van der Waals surface area contributed by atoms with Gasteiger partial charge in [0.25, 0.3) is 0 Å². The number of aliphatic hydroxyl groups excluding tert-OH is 2. The number of ether oxygens (including phenoxy) is 2. The molecule has 1 saturated carbocycles. The van der Waals surface area contributed by atoms with Gasteiger partial charge in [0.15, 0.2) is 0 Å². The maximum atomic E-state index is 11.1. The fraction of sp³-hybridized carbons (Fsp3) is 0.478. The van der Waals surface area contributed by atoms with Gasteiger partial charge in [-0.1, -0.05) is 60.7 Å². The monoisotopic (exact) mass is 434 g/mol. The Balaban J connectivity index is 1.79. The topological polar surface area (TPSA) is 58.9 Å². The minimum Gasteiger partial charge on any atom is -0.390 e. The molecule has 2 aromatic rings. The molecule has 0 radical (unpaired) electrons. The van der Waals surface area contributed by atoms with Gasteiger partial charge in [0.1, 0.15) is 12.2 Å². The number of aliphatic hydroxyl groups is 2. The van der Waals surface area contributed by atoms with Crippen LogP contribution in [0.1, 0.15) is 24.0 Å². The van der Waals surface area contributed by atoms with E-state index in [-0.39, 0.29) is 4.08 Å². The third kappa shape index (κ3) is 6.00. The van der Waals surface area contributed by atoms with E-state index in [9.17, 15) is 10.2 Å². The molecule has 0 aliphatic heterocycles. The highest BCUT2D eigenvalue weighted by molar-refractivity contribution is 8.17. The highest BCUT2D eigenvalue weighted by atomic mass is 32.2. The smallest absolute Gasteiger partial charge is 0.113 e. The predicted molar refractivity (Wildman–Crippen MR) is 121 cm³/mol. The van der Waals surface area contributed by atoms with E-state index in [1.54, 1.807) is 23.5 Å². The first-order chi connectivity index (χ1) is 14.1. The molecule has 29 heavy (non-hydrogen) atoms. The lowest BCUT2D eigenvalue weighted by atomic mass is 10.0. The number of hydrogen-bond donors (Lipinski definition) is 2. The lowest BCUT2D eigenvalue weighted by Gasteiger charge is -2.31. The Morgan fingerprint density at radius 2 is 1.14 bits per heavy atom. The van der Waals surface area contributed by atoms with E-state index in [0.717, 1.165) is 11.1 Å². The second kappa shape index (κ2) is 10.8. The zero-order valence-corrected chi connectivity index (χ0v) is 18.6. The van der Waals surface area contributed by atoms with Crippen molar-refractivity contribution in [3.63, 3.8) is 0 Å². The van der Waals surface area contributed by atoms with Crippen molar-refractivity contribution >= 4 is 23.5 Å². The van der Waals surface area contributed by atoms with Crippen LogP contribution in [0, 0.1) is 0 Å². The third-order valence-electron chi connectivity index (χ3n) is 5.44. The summed E-state index contributed by atoms with van der Waals surface area (Å²) in [7, 11) is 0. The van der Waals surface area contributed by atoms with Gasteiger partial charge in [-0.25, -0.2) is 0 Å². The van der Waals surface area contributed by atoms with Gasteiger partial charge in [0.05, 0.1) is 29.5 Å². The number of benzene rings is 2. The standard InChI is InChI=1S/C23H30O4S2/c1-28-23(29-2)13-19(24)21(26-15-17-9-5-3-6-10-17)22(20(25)14-23)27-16-18-11-7-4-8-12-18/h3-12,19-22,24-25H,13-16H2,1-2H3/t19-,20-,21-,22-/m1/s1. The Kier molecular flexibility index (Phi) is 8.47. The van der Waals surface area contributed by atoms with Gasteiger partial charge in [-0.2, -0.15) is 0 Å². The van der Waals surface area contributed by atoms with Crippen LogP contribution in [-0.2, 0) is 22.7 Å². The lowest BCUT2D eigenvalue weighted by Crippen LogP contribution is -2.45. The first kappa shape index (κ1) is 22.7. The van der Waals surface area contributed by atoms with E-state index in [4.69, 9.17) is 9.47 Å². The second-order valence-corrected chi connectivity index (χ2v) is 10.0. The van der Waals surface area contributed by atoms with Gasteiger partial charge < -0.3 is 19.7 Å². The van der Waals surface area contributed by atoms with Crippen molar-refractivity contribution in [2.45, 2.75) is 54.6 Å². The molecule has 3 rings (SSSR count). The molecule has 0 amide bonds. The maximum absolute atomic E-state index is 11.1. The van der Waals surface area contributed by atoms with Crippen LogP contribution in [0.15, 0.2) is 60.7 Å². The molecule has 4 atom stereocenters. The lowest BCUT2D eigenvalue weighted by molar-refractivity contribution is -0.159. The molecule has 0 heterocycles. The van der Waals surface area contributed by atoms with Crippen molar-refractivity contribution in [1.82, 2.24) is 0 Å². The summed E-state index contributed by atoms with van der Waals surface area (Å²) >= 11 is 3.36. The predicted octanol–water partition coefficient (Wildman–Crippen LogP) is 4.10. The number of hydrogen-bond acceptors (Lipinski definition) is 6. The first-order valence-electron chi connectivity index (χ1n) is 9.84. The SMILES string of the molecule is CSC1(SC)C[C@@H](O)[C@@H](OCc2ccccc2)[C@H](OCc2ccccc2)[C@H](O)C1. The molecule has 0 unspecified atom stereocenters. The Morgan fingerprint density at radius 3 is 1.48 bits per heavy atom. The van der Waals surface area contributed by atoms with Crippen LogP contribution in [0.3, 0.4) is 0 Å². The molecule has 0 aromatic heterocycles. The van der Waals surface area contributed by atoms with E-state index >= 15 is 0 Å². The summed E-state index contributed by atoms with van der Waals surface area (Å²) < 4.78 is 12.1. The molecule has 158 valence electrons. The molecule has 0 saturated heterocycles. The first-order valence-corrected chi connectivity index (χ1v) is 12.3. The van der Waals surface area contributed by atoms with Crippen LogP contribution in [0.5, 0.6) is 0 Å². The van der Waals surface area contributed by atoms with Gasteiger partial charge >= 0.3 is 0 Å². The second-order valence-electron chi connectivity index (χ2n) is 7.38. The molecular formula is C23H30O4S2. The molecule has 1 aliphatic carbocycles. The largest absolute Gasteiger partial charge is 0.390 e. The summed E-state index contributed by atoms with van der Waals surface area (Å²) in [4.78, 5) is 0. The minimum atomic E-state index is -0.725. The van der Waals surface area contributed by atoms with Crippen molar-refractivity contribution in [1.29, 1.82) is 0 Å². The minimum absolute atomic E-state index is 0.266. The fourth-order valence-electron chi connectivity index (χ4n) is 3.75. The average Bonchev–Trinajstić information content (AvgIpc) is 2.86. The van der Waals surface area contributed by atoms with Crippen LogP contribution >= 0.6 is 23.5 Å². The fourth-order valence-corrected chi connectivity index (χ4v) is 5.77. The molecular weight excluding hydrogens is 404 g/mol. The number of rotatable bonds is 8. The summed E-state index contributed by atoms with van der Waals surface area (Å²) in [6, 6.07) is 19.8. The molecule has 4 nitrogen and oxygen atoms in total. The van der Waals surface area contributed by atoms with Gasteiger partial charge in [0.2, 0.25) is 0 Å². The molecule has 2 N–H and O–H groups in total. The molecule has 1 aliphatic rings. The summed E-state index contributed by atoms with van der Waals surface area (Å²) in [5.41, 5.74) is 2.06. The van der Waals surface area contributed by atoms with E-state index in [1.165, 1.54) is 0 Å². The van der Waals surface area contributed by atoms with Crippen LogP contribution in [0.25, 0.3) is 0 Å². The van der Waals surface area contributed by atoms with E-state index in [1.807, 2.05) is 73.2 Å². The molecule has 1 fully saturated rings. The molecule has 6 heteroatoms. The molecule has 2 aromatic carbocycles. The van der Waals surface area contributed by atoms with E-state index in [2.05, 4.69) is 0 Å².